The monoisotopic (exact) mass is 442 g/mol. The molecule has 0 unspecified atom stereocenters. The van der Waals surface area contributed by atoms with Gasteiger partial charge in [-0.25, -0.2) is 4.99 Å². The van der Waals surface area contributed by atoms with Crippen LogP contribution in [0.1, 0.15) is 50.5 Å². The molecule has 1 aromatic carbocycles. The summed E-state index contributed by atoms with van der Waals surface area (Å²) >= 11 is 0. The van der Waals surface area contributed by atoms with Crippen molar-refractivity contribution >= 4 is 29.4 Å². The normalized spacial score (nSPS) is 17.4. The predicted octanol–water partition coefficient (Wildman–Crippen LogP) is 2.27. The van der Waals surface area contributed by atoms with Crippen molar-refractivity contribution in [2.75, 3.05) is 26.2 Å². The number of carbonyl (C=O) groups is 3. The number of hydrogen-bond acceptors (Lipinski definition) is 6. The third-order valence-electron chi connectivity index (χ3n) is 6.33. The standard InChI is InChI=1S/C23H30N4O5/c28-20-13-27-12-17-11-18(8-9-19(17)24-23(27)25-20)32-15-21(29)26(14-22(30)31)10-4-3-7-16-5-1-2-6-16/h8-9,11,16H,1-7,10,12-15H2,(H,30,31)(H,24,25,28). The summed E-state index contributed by atoms with van der Waals surface area (Å²) in [6, 6.07) is 5.34. The molecule has 4 rings (SSSR count). The quantitative estimate of drug-likeness (QED) is 0.538. The molecular formula is C23H30N4O5. The number of ether oxygens (including phenoxy) is 1. The second-order valence-electron chi connectivity index (χ2n) is 8.77. The Labute approximate surface area is 187 Å². The number of rotatable bonds is 10. The SMILES string of the molecule is O=C(O)CN(CCCCC1CCCC1)C(=O)COc1ccc2c(c1)CN1CC(=O)NC1=N2. The van der Waals surface area contributed by atoms with Crippen molar-refractivity contribution < 1.29 is 24.2 Å². The minimum Gasteiger partial charge on any atom is -0.484 e. The molecule has 0 radical (unpaired) electrons. The van der Waals surface area contributed by atoms with Crippen molar-refractivity contribution in [1.29, 1.82) is 0 Å². The Bertz CT molecular complexity index is 910. The van der Waals surface area contributed by atoms with Crippen molar-refractivity contribution in [2.45, 2.75) is 51.5 Å². The van der Waals surface area contributed by atoms with E-state index in [1.54, 1.807) is 12.1 Å². The third-order valence-corrected chi connectivity index (χ3v) is 6.33. The Hall–Kier alpha value is -3.10. The summed E-state index contributed by atoms with van der Waals surface area (Å²) in [5.41, 5.74) is 1.66. The lowest BCUT2D eigenvalue weighted by Crippen LogP contribution is -2.39. The average molecular weight is 443 g/mol. The van der Waals surface area contributed by atoms with Gasteiger partial charge in [0.25, 0.3) is 5.91 Å². The first kappa shape index (κ1) is 22.1. The Morgan fingerprint density at radius 3 is 2.81 bits per heavy atom. The predicted molar refractivity (Wildman–Crippen MR) is 118 cm³/mol. The molecule has 2 fully saturated rings. The van der Waals surface area contributed by atoms with Gasteiger partial charge >= 0.3 is 5.97 Å². The Morgan fingerprint density at radius 1 is 1.22 bits per heavy atom. The first-order chi connectivity index (χ1) is 15.5. The van der Waals surface area contributed by atoms with Crippen LogP contribution in [0.2, 0.25) is 0 Å². The summed E-state index contributed by atoms with van der Waals surface area (Å²) in [4.78, 5) is 43.1. The van der Waals surface area contributed by atoms with Gasteiger partial charge in [-0.3, -0.25) is 19.7 Å². The Morgan fingerprint density at radius 2 is 2.03 bits per heavy atom. The maximum Gasteiger partial charge on any atom is 0.323 e. The fraction of sp³-hybridized carbons (Fsp3) is 0.565. The van der Waals surface area contributed by atoms with E-state index in [0.29, 0.717) is 24.8 Å². The Kier molecular flexibility index (Phi) is 6.92. The van der Waals surface area contributed by atoms with E-state index in [2.05, 4.69) is 10.3 Å². The van der Waals surface area contributed by atoms with Crippen molar-refractivity contribution in [3.8, 4) is 5.75 Å². The van der Waals surface area contributed by atoms with Gasteiger partial charge in [0.05, 0.1) is 5.69 Å². The molecule has 0 atom stereocenters. The van der Waals surface area contributed by atoms with Crippen LogP contribution >= 0.6 is 0 Å². The molecule has 0 bridgehead atoms. The molecule has 0 spiro atoms. The van der Waals surface area contributed by atoms with Gasteiger partial charge < -0.3 is 19.6 Å². The molecule has 172 valence electrons. The number of amides is 2. The van der Waals surface area contributed by atoms with E-state index >= 15 is 0 Å². The maximum atomic E-state index is 12.6. The molecule has 1 saturated carbocycles. The summed E-state index contributed by atoms with van der Waals surface area (Å²) in [5.74, 6) is 0.432. The van der Waals surface area contributed by atoms with Crippen molar-refractivity contribution in [3.63, 3.8) is 0 Å². The van der Waals surface area contributed by atoms with E-state index in [4.69, 9.17) is 4.74 Å². The van der Waals surface area contributed by atoms with E-state index in [0.717, 1.165) is 36.4 Å². The van der Waals surface area contributed by atoms with Gasteiger partial charge in [0.15, 0.2) is 6.61 Å². The van der Waals surface area contributed by atoms with Crippen LogP contribution in [0.5, 0.6) is 5.75 Å². The number of aliphatic carboxylic acids is 1. The number of carboxylic acid groups (broad SMARTS) is 1. The largest absolute Gasteiger partial charge is 0.484 e. The number of nitrogens with one attached hydrogen (secondary N) is 1. The van der Waals surface area contributed by atoms with Crippen molar-refractivity contribution in [2.24, 2.45) is 10.9 Å². The highest BCUT2D eigenvalue weighted by atomic mass is 16.5. The molecule has 1 aromatic rings. The highest BCUT2D eigenvalue weighted by molar-refractivity contribution is 6.05. The zero-order valence-electron chi connectivity index (χ0n) is 18.2. The van der Waals surface area contributed by atoms with E-state index < -0.39 is 5.97 Å². The number of nitrogens with zero attached hydrogens (tertiary/aromatic N) is 3. The summed E-state index contributed by atoms with van der Waals surface area (Å²) in [6.07, 6.45) is 8.19. The van der Waals surface area contributed by atoms with Crippen LogP contribution in [-0.4, -0.2) is 64.9 Å². The lowest BCUT2D eigenvalue weighted by Gasteiger charge is -2.23. The molecule has 0 aromatic heterocycles. The number of carbonyl (C=O) groups excluding carboxylic acids is 2. The molecule has 2 N–H and O–H groups in total. The highest BCUT2D eigenvalue weighted by Crippen LogP contribution is 2.31. The summed E-state index contributed by atoms with van der Waals surface area (Å²) < 4.78 is 5.68. The first-order valence-electron chi connectivity index (χ1n) is 11.4. The third kappa shape index (κ3) is 5.57. The number of benzene rings is 1. The molecule has 9 heteroatoms. The van der Waals surface area contributed by atoms with Crippen molar-refractivity contribution in [3.05, 3.63) is 23.8 Å². The maximum absolute atomic E-state index is 12.6. The van der Waals surface area contributed by atoms with E-state index in [1.165, 1.54) is 30.6 Å². The number of unbranched alkanes of at least 4 members (excludes halogenated alkanes) is 1. The molecule has 1 saturated heterocycles. The average Bonchev–Trinajstić information content (AvgIpc) is 3.40. The van der Waals surface area contributed by atoms with Crippen LogP contribution in [0.15, 0.2) is 23.2 Å². The summed E-state index contributed by atoms with van der Waals surface area (Å²) in [7, 11) is 0. The van der Waals surface area contributed by atoms with E-state index in [9.17, 15) is 19.5 Å². The van der Waals surface area contributed by atoms with Crippen LogP contribution in [0.25, 0.3) is 0 Å². The molecular weight excluding hydrogens is 412 g/mol. The number of guanidine groups is 1. The van der Waals surface area contributed by atoms with E-state index in [-0.39, 0.29) is 31.5 Å². The lowest BCUT2D eigenvalue weighted by molar-refractivity contribution is -0.145. The second-order valence-corrected chi connectivity index (χ2v) is 8.77. The zero-order chi connectivity index (χ0) is 22.5. The fourth-order valence-corrected chi connectivity index (χ4v) is 4.65. The number of fused-ring (bicyclic) bond motifs is 2. The topological polar surface area (TPSA) is 112 Å². The van der Waals surface area contributed by atoms with Gasteiger partial charge in [0.1, 0.15) is 18.8 Å². The molecule has 1 aliphatic carbocycles. The van der Waals surface area contributed by atoms with Gasteiger partial charge in [-0.2, -0.15) is 0 Å². The number of carboxylic acids is 1. The Balaban J connectivity index is 1.28. The van der Waals surface area contributed by atoms with Gasteiger partial charge in [-0.1, -0.05) is 38.5 Å². The van der Waals surface area contributed by atoms with Crippen molar-refractivity contribution in [1.82, 2.24) is 15.1 Å². The van der Waals surface area contributed by atoms with Gasteiger partial charge in [0.2, 0.25) is 11.9 Å². The van der Waals surface area contributed by atoms with E-state index in [1.807, 2.05) is 11.0 Å². The van der Waals surface area contributed by atoms with Crippen LogP contribution in [0.4, 0.5) is 5.69 Å². The summed E-state index contributed by atoms with van der Waals surface area (Å²) in [5, 5.41) is 11.9. The zero-order valence-corrected chi connectivity index (χ0v) is 18.2. The van der Waals surface area contributed by atoms with Gasteiger partial charge in [0, 0.05) is 18.7 Å². The molecule has 2 amide bonds. The molecule has 32 heavy (non-hydrogen) atoms. The molecule has 3 aliphatic rings. The first-order valence-corrected chi connectivity index (χ1v) is 11.4. The lowest BCUT2D eigenvalue weighted by atomic mass is 10.0. The smallest absolute Gasteiger partial charge is 0.323 e. The van der Waals surface area contributed by atoms with Gasteiger partial charge in [-0.05, 0) is 30.5 Å². The van der Waals surface area contributed by atoms with Crippen LogP contribution in [-0.2, 0) is 20.9 Å². The minimum atomic E-state index is -1.02. The van der Waals surface area contributed by atoms with Crippen LogP contribution in [0, 0.1) is 5.92 Å². The fourth-order valence-electron chi connectivity index (χ4n) is 4.65. The second kappa shape index (κ2) is 10.0. The molecule has 2 aliphatic heterocycles. The summed E-state index contributed by atoms with van der Waals surface area (Å²) in [6.45, 7) is 0.700. The van der Waals surface area contributed by atoms with Gasteiger partial charge in [-0.15, -0.1) is 0 Å². The number of hydrogen-bond donors (Lipinski definition) is 2. The number of aliphatic imine (C=N–C) groups is 1. The molecule has 2 heterocycles. The van der Waals surface area contributed by atoms with Crippen LogP contribution < -0.4 is 10.1 Å². The molecule has 9 nitrogen and oxygen atoms in total. The minimum absolute atomic E-state index is 0.0830. The van der Waals surface area contributed by atoms with Crippen LogP contribution in [0.3, 0.4) is 0 Å². The highest BCUT2D eigenvalue weighted by Gasteiger charge is 2.29.